The number of nitrogen functional groups attached to an aromatic ring is 1. The molecule has 0 saturated carbocycles. The van der Waals surface area contributed by atoms with Gasteiger partial charge in [0.2, 0.25) is 5.91 Å². The summed E-state index contributed by atoms with van der Waals surface area (Å²) in [6.07, 6.45) is 7.26. The molecule has 30 heavy (non-hydrogen) atoms. The van der Waals surface area contributed by atoms with Crippen molar-refractivity contribution in [1.29, 1.82) is 0 Å². The third-order valence-electron chi connectivity index (χ3n) is 4.25. The highest BCUT2D eigenvalue weighted by Crippen LogP contribution is 2.16. The summed E-state index contributed by atoms with van der Waals surface area (Å²) in [5, 5.41) is 8.73. The summed E-state index contributed by atoms with van der Waals surface area (Å²) in [5.41, 5.74) is 7.79. The molecule has 0 unspecified atom stereocenters. The Morgan fingerprint density at radius 1 is 1.17 bits per heavy atom. The molecule has 2 aromatic rings. The van der Waals surface area contributed by atoms with Crippen molar-refractivity contribution < 1.29 is 9.59 Å². The van der Waals surface area contributed by atoms with Crippen LogP contribution in [-0.2, 0) is 11.2 Å². The molecular formula is C22H30N6O2. The lowest BCUT2D eigenvalue weighted by Crippen LogP contribution is -2.23. The molecule has 5 N–H and O–H groups in total. The molecule has 0 radical (unpaired) electrons. The summed E-state index contributed by atoms with van der Waals surface area (Å²) in [6, 6.07) is 7.33. The lowest BCUT2D eigenvalue weighted by Gasteiger charge is -2.14. The van der Waals surface area contributed by atoms with E-state index in [1.165, 1.54) is 6.08 Å². The number of nitrogens with two attached hydrogens (primary N) is 1. The number of nitrogens with zero attached hydrogens (tertiary/aromatic N) is 2. The topological polar surface area (TPSA) is 122 Å². The zero-order valence-electron chi connectivity index (χ0n) is 17.7. The van der Waals surface area contributed by atoms with E-state index in [0.717, 1.165) is 30.5 Å². The number of hydrogen-bond acceptors (Lipinski definition) is 6. The Hall–Kier alpha value is -3.42. The Morgan fingerprint density at radius 2 is 1.97 bits per heavy atom. The number of pyridine rings is 2. The SMILES string of the molecule is CNC(=O)c1ccc(CCCCNC(=O)/C=C/c2ccc(N)nc2)nc1NC(C)C. The Labute approximate surface area is 177 Å². The zero-order valence-corrected chi connectivity index (χ0v) is 17.7. The molecular weight excluding hydrogens is 380 g/mol. The van der Waals surface area contributed by atoms with Crippen LogP contribution in [0.2, 0.25) is 0 Å². The number of anilines is 2. The van der Waals surface area contributed by atoms with E-state index in [1.807, 2.05) is 19.9 Å². The number of carbonyl (C=O) groups excluding carboxylic acids is 2. The summed E-state index contributed by atoms with van der Waals surface area (Å²) < 4.78 is 0. The van der Waals surface area contributed by atoms with Crippen LogP contribution in [0.3, 0.4) is 0 Å². The largest absolute Gasteiger partial charge is 0.384 e. The molecule has 0 bridgehead atoms. The monoisotopic (exact) mass is 410 g/mol. The molecule has 2 amide bonds. The summed E-state index contributed by atoms with van der Waals surface area (Å²) in [6.45, 7) is 4.59. The van der Waals surface area contributed by atoms with E-state index in [0.29, 0.717) is 23.7 Å². The molecule has 0 saturated heterocycles. The number of carbonyl (C=O) groups is 2. The van der Waals surface area contributed by atoms with Crippen LogP contribution in [-0.4, -0.2) is 41.4 Å². The van der Waals surface area contributed by atoms with Gasteiger partial charge in [0.05, 0.1) is 5.56 Å². The van der Waals surface area contributed by atoms with E-state index in [2.05, 4.69) is 25.9 Å². The first kappa shape index (κ1) is 22.9. The third-order valence-corrected chi connectivity index (χ3v) is 4.25. The molecule has 0 spiro atoms. The molecule has 8 nitrogen and oxygen atoms in total. The molecule has 0 atom stereocenters. The summed E-state index contributed by atoms with van der Waals surface area (Å²) in [5.74, 6) is 0.727. The Morgan fingerprint density at radius 3 is 2.63 bits per heavy atom. The van der Waals surface area contributed by atoms with Crippen LogP contribution in [0.25, 0.3) is 6.08 Å². The summed E-state index contributed by atoms with van der Waals surface area (Å²) in [4.78, 5) is 32.5. The molecule has 0 aromatic carbocycles. The molecule has 160 valence electrons. The highest BCUT2D eigenvalue weighted by molar-refractivity contribution is 5.98. The van der Waals surface area contributed by atoms with E-state index in [4.69, 9.17) is 5.73 Å². The number of amides is 2. The second kappa shape index (κ2) is 11.5. The van der Waals surface area contributed by atoms with E-state index in [9.17, 15) is 9.59 Å². The number of aryl methyl sites for hydroxylation is 1. The lowest BCUT2D eigenvalue weighted by atomic mass is 10.1. The van der Waals surface area contributed by atoms with Gasteiger partial charge in [0.15, 0.2) is 0 Å². The molecule has 2 aromatic heterocycles. The maximum absolute atomic E-state index is 12.0. The standard InChI is InChI=1S/C22H30N6O2/c1-15(2)27-21-18(22(30)24-3)10-9-17(28-21)6-4-5-13-25-20(29)12-8-16-7-11-19(23)26-14-16/h7-12,14-15H,4-6,13H2,1-3H3,(H2,23,26)(H,24,30)(H,25,29)(H,27,28)/b12-8+. The summed E-state index contributed by atoms with van der Waals surface area (Å²) in [7, 11) is 1.60. The van der Waals surface area contributed by atoms with Crippen LogP contribution in [0.5, 0.6) is 0 Å². The Balaban J connectivity index is 1.78. The molecule has 8 heteroatoms. The van der Waals surface area contributed by atoms with Gasteiger partial charge in [0.1, 0.15) is 11.6 Å². The third kappa shape index (κ3) is 7.54. The highest BCUT2D eigenvalue weighted by Gasteiger charge is 2.13. The average Bonchev–Trinajstić information content (AvgIpc) is 2.72. The van der Waals surface area contributed by atoms with Gasteiger partial charge in [-0.05, 0) is 69.0 Å². The minimum Gasteiger partial charge on any atom is -0.384 e. The van der Waals surface area contributed by atoms with Crippen molar-refractivity contribution in [2.24, 2.45) is 0 Å². The van der Waals surface area contributed by atoms with Gasteiger partial charge in [-0.3, -0.25) is 9.59 Å². The van der Waals surface area contributed by atoms with E-state index >= 15 is 0 Å². The van der Waals surface area contributed by atoms with Crippen molar-refractivity contribution >= 4 is 29.5 Å². The fourth-order valence-corrected chi connectivity index (χ4v) is 2.73. The normalized spacial score (nSPS) is 10.9. The van der Waals surface area contributed by atoms with Gasteiger partial charge in [0, 0.05) is 37.6 Å². The first-order chi connectivity index (χ1) is 14.4. The number of nitrogens with one attached hydrogen (secondary N) is 3. The fourth-order valence-electron chi connectivity index (χ4n) is 2.73. The molecule has 2 rings (SSSR count). The van der Waals surface area contributed by atoms with Gasteiger partial charge in [-0.1, -0.05) is 0 Å². The average molecular weight is 411 g/mol. The van der Waals surface area contributed by atoms with Crippen molar-refractivity contribution in [3.63, 3.8) is 0 Å². The first-order valence-corrected chi connectivity index (χ1v) is 10.0. The minimum absolute atomic E-state index is 0.150. The fraction of sp³-hybridized carbons (Fsp3) is 0.364. The van der Waals surface area contributed by atoms with Crippen molar-refractivity contribution in [3.8, 4) is 0 Å². The number of aromatic nitrogens is 2. The smallest absolute Gasteiger partial charge is 0.254 e. The van der Waals surface area contributed by atoms with Gasteiger partial charge in [-0.15, -0.1) is 0 Å². The summed E-state index contributed by atoms with van der Waals surface area (Å²) >= 11 is 0. The number of hydrogen-bond donors (Lipinski definition) is 4. The van der Waals surface area contributed by atoms with Gasteiger partial charge in [-0.25, -0.2) is 9.97 Å². The van der Waals surface area contributed by atoms with E-state index in [-0.39, 0.29) is 17.9 Å². The van der Waals surface area contributed by atoms with Crippen LogP contribution < -0.4 is 21.7 Å². The van der Waals surface area contributed by atoms with Crippen molar-refractivity contribution in [2.75, 3.05) is 24.6 Å². The quantitative estimate of drug-likeness (QED) is 0.352. The Bertz CT molecular complexity index is 878. The molecule has 2 heterocycles. The van der Waals surface area contributed by atoms with Gasteiger partial charge in [-0.2, -0.15) is 0 Å². The van der Waals surface area contributed by atoms with Crippen LogP contribution in [0.1, 0.15) is 48.3 Å². The van der Waals surface area contributed by atoms with Crippen LogP contribution in [0.4, 0.5) is 11.6 Å². The zero-order chi connectivity index (χ0) is 21.9. The maximum Gasteiger partial charge on any atom is 0.254 e. The predicted octanol–water partition coefficient (Wildman–Crippen LogP) is 2.39. The lowest BCUT2D eigenvalue weighted by molar-refractivity contribution is -0.116. The highest BCUT2D eigenvalue weighted by atomic mass is 16.2. The first-order valence-electron chi connectivity index (χ1n) is 10.0. The predicted molar refractivity (Wildman–Crippen MR) is 120 cm³/mol. The van der Waals surface area contributed by atoms with Crippen LogP contribution in [0, 0.1) is 0 Å². The molecule has 0 aliphatic rings. The van der Waals surface area contributed by atoms with Crippen molar-refractivity contribution in [2.45, 2.75) is 39.2 Å². The van der Waals surface area contributed by atoms with Crippen LogP contribution >= 0.6 is 0 Å². The van der Waals surface area contributed by atoms with E-state index < -0.39 is 0 Å². The van der Waals surface area contributed by atoms with E-state index in [1.54, 1.807) is 37.5 Å². The second-order valence-corrected chi connectivity index (χ2v) is 7.17. The van der Waals surface area contributed by atoms with Crippen LogP contribution in [0.15, 0.2) is 36.5 Å². The molecule has 0 aliphatic heterocycles. The minimum atomic E-state index is -0.164. The maximum atomic E-state index is 12.0. The number of unbranched alkanes of at least 4 members (excludes halogenated alkanes) is 1. The Kier molecular flexibility index (Phi) is 8.80. The second-order valence-electron chi connectivity index (χ2n) is 7.17. The van der Waals surface area contributed by atoms with Crippen molar-refractivity contribution in [1.82, 2.24) is 20.6 Å². The van der Waals surface area contributed by atoms with Gasteiger partial charge >= 0.3 is 0 Å². The molecule has 0 fully saturated rings. The van der Waals surface area contributed by atoms with Gasteiger partial charge < -0.3 is 21.7 Å². The van der Waals surface area contributed by atoms with Gasteiger partial charge in [0.25, 0.3) is 5.91 Å². The van der Waals surface area contributed by atoms with Crippen molar-refractivity contribution in [3.05, 3.63) is 53.4 Å². The number of rotatable bonds is 10. The molecule has 0 aliphatic carbocycles.